The van der Waals surface area contributed by atoms with Crippen LogP contribution in [-0.4, -0.2) is 9.78 Å². The van der Waals surface area contributed by atoms with Crippen LogP contribution in [0.5, 0.6) is 0 Å². The Hall–Kier alpha value is -1.84. The third kappa shape index (κ3) is 2.48. The second-order valence-corrected chi connectivity index (χ2v) is 5.59. The van der Waals surface area contributed by atoms with E-state index in [-0.39, 0.29) is 5.82 Å². The number of nitrogen functional groups attached to an aromatic ring is 1. The van der Waals surface area contributed by atoms with Crippen molar-refractivity contribution in [2.24, 2.45) is 11.8 Å². The van der Waals surface area contributed by atoms with Crippen molar-refractivity contribution in [2.45, 2.75) is 26.3 Å². The van der Waals surface area contributed by atoms with E-state index >= 15 is 0 Å². The largest absolute Gasteiger partial charge is 0.384 e. The fraction of sp³-hybridized carbons (Fsp3) is 0.400. The Labute approximate surface area is 112 Å². The molecule has 2 aromatic rings. The van der Waals surface area contributed by atoms with Gasteiger partial charge in [-0.1, -0.05) is 19.1 Å². The third-order valence-electron chi connectivity index (χ3n) is 3.83. The summed E-state index contributed by atoms with van der Waals surface area (Å²) in [4.78, 5) is 0. The standard InChI is InChI=1S/C15H18FN3/c1-10-5-11(6-10)9-19-15(17)8-14(18-19)12-3-2-4-13(16)7-12/h2-4,7-8,10-11H,5-6,9,17H2,1H3. The first-order valence-electron chi connectivity index (χ1n) is 6.71. The highest BCUT2D eigenvalue weighted by atomic mass is 19.1. The molecule has 1 heterocycles. The molecule has 4 heteroatoms. The fourth-order valence-corrected chi connectivity index (χ4v) is 2.83. The molecule has 2 N–H and O–H groups in total. The second kappa shape index (κ2) is 4.68. The van der Waals surface area contributed by atoms with E-state index in [0.29, 0.717) is 11.7 Å². The van der Waals surface area contributed by atoms with Gasteiger partial charge in [0, 0.05) is 18.2 Å². The van der Waals surface area contributed by atoms with Crippen LogP contribution < -0.4 is 5.73 Å². The van der Waals surface area contributed by atoms with Crippen LogP contribution in [-0.2, 0) is 6.54 Å². The Morgan fingerprint density at radius 1 is 1.37 bits per heavy atom. The molecule has 1 aromatic carbocycles. The van der Waals surface area contributed by atoms with Gasteiger partial charge in [0.2, 0.25) is 0 Å². The lowest BCUT2D eigenvalue weighted by Gasteiger charge is -2.32. The number of aromatic nitrogens is 2. The first-order valence-corrected chi connectivity index (χ1v) is 6.71. The van der Waals surface area contributed by atoms with Gasteiger partial charge < -0.3 is 5.73 Å². The summed E-state index contributed by atoms with van der Waals surface area (Å²) < 4.78 is 15.1. The maximum absolute atomic E-state index is 13.2. The van der Waals surface area contributed by atoms with Crippen LogP contribution in [0.3, 0.4) is 0 Å². The minimum atomic E-state index is -0.251. The van der Waals surface area contributed by atoms with Gasteiger partial charge in [-0.15, -0.1) is 0 Å². The van der Waals surface area contributed by atoms with Crippen molar-refractivity contribution in [1.29, 1.82) is 0 Å². The van der Waals surface area contributed by atoms with Gasteiger partial charge in [-0.2, -0.15) is 5.10 Å². The van der Waals surface area contributed by atoms with Crippen molar-refractivity contribution < 1.29 is 4.39 Å². The van der Waals surface area contributed by atoms with Crippen LogP contribution in [0.4, 0.5) is 10.2 Å². The number of rotatable bonds is 3. The normalized spacial score (nSPS) is 22.2. The topological polar surface area (TPSA) is 43.8 Å². The van der Waals surface area contributed by atoms with Gasteiger partial charge >= 0.3 is 0 Å². The number of hydrogen-bond acceptors (Lipinski definition) is 2. The summed E-state index contributed by atoms with van der Waals surface area (Å²) in [5.41, 5.74) is 7.50. The predicted molar refractivity (Wildman–Crippen MR) is 73.9 cm³/mol. The molecule has 3 nitrogen and oxygen atoms in total. The molecule has 1 fully saturated rings. The van der Waals surface area contributed by atoms with Crippen molar-refractivity contribution in [3.05, 3.63) is 36.1 Å². The van der Waals surface area contributed by atoms with Crippen LogP contribution in [0.1, 0.15) is 19.8 Å². The summed E-state index contributed by atoms with van der Waals surface area (Å²) in [5.74, 6) is 1.90. The number of nitrogens with two attached hydrogens (primary N) is 1. The summed E-state index contributed by atoms with van der Waals surface area (Å²) in [7, 11) is 0. The Balaban J connectivity index is 1.81. The van der Waals surface area contributed by atoms with Gasteiger partial charge in [0.25, 0.3) is 0 Å². The van der Waals surface area contributed by atoms with Crippen LogP contribution >= 0.6 is 0 Å². The van der Waals surface area contributed by atoms with Gasteiger partial charge in [-0.05, 0) is 36.8 Å². The van der Waals surface area contributed by atoms with E-state index < -0.39 is 0 Å². The van der Waals surface area contributed by atoms with Crippen LogP contribution in [0.15, 0.2) is 30.3 Å². The molecule has 1 saturated carbocycles. The molecule has 0 bridgehead atoms. The fourth-order valence-electron chi connectivity index (χ4n) is 2.83. The molecular formula is C15H18FN3. The van der Waals surface area contributed by atoms with Gasteiger partial charge in [-0.3, -0.25) is 0 Å². The van der Waals surface area contributed by atoms with E-state index in [1.807, 2.05) is 16.8 Å². The minimum Gasteiger partial charge on any atom is -0.384 e. The van der Waals surface area contributed by atoms with Crippen molar-refractivity contribution >= 4 is 5.82 Å². The molecule has 0 saturated heterocycles. The van der Waals surface area contributed by atoms with Gasteiger partial charge in [0.15, 0.2) is 0 Å². The second-order valence-electron chi connectivity index (χ2n) is 5.59. The summed E-state index contributed by atoms with van der Waals surface area (Å²) in [6.45, 7) is 3.13. The highest BCUT2D eigenvalue weighted by Crippen LogP contribution is 2.34. The monoisotopic (exact) mass is 259 g/mol. The zero-order chi connectivity index (χ0) is 13.4. The first kappa shape index (κ1) is 12.2. The molecule has 0 radical (unpaired) electrons. The highest BCUT2D eigenvalue weighted by molar-refractivity contribution is 5.62. The third-order valence-corrected chi connectivity index (χ3v) is 3.83. The van der Waals surface area contributed by atoms with E-state index in [2.05, 4.69) is 12.0 Å². The molecule has 3 rings (SSSR count). The van der Waals surface area contributed by atoms with Gasteiger partial charge in [0.05, 0.1) is 5.69 Å². The van der Waals surface area contributed by atoms with E-state index in [4.69, 9.17) is 5.73 Å². The number of benzene rings is 1. The van der Waals surface area contributed by atoms with Gasteiger partial charge in [-0.25, -0.2) is 9.07 Å². The Kier molecular flexibility index (Phi) is 3.01. The summed E-state index contributed by atoms with van der Waals surface area (Å²) in [6, 6.07) is 8.27. The maximum Gasteiger partial charge on any atom is 0.123 e. The molecule has 19 heavy (non-hydrogen) atoms. The van der Waals surface area contributed by atoms with E-state index in [0.717, 1.165) is 23.7 Å². The van der Waals surface area contributed by atoms with Crippen molar-refractivity contribution in [3.63, 3.8) is 0 Å². The Morgan fingerprint density at radius 2 is 2.16 bits per heavy atom. The van der Waals surface area contributed by atoms with Crippen LogP contribution in [0.2, 0.25) is 0 Å². The van der Waals surface area contributed by atoms with E-state index in [1.54, 1.807) is 6.07 Å². The number of anilines is 1. The average molecular weight is 259 g/mol. The molecule has 1 aliphatic rings. The van der Waals surface area contributed by atoms with Gasteiger partial charge in [0.1, 0.15) is 11.6 Å². The number of nitrogens with zero attached hydrogens (tertiary/aromatic N) is 2. The van der Waals surface area contributed by atoms with Crippen molar-refractivity contribution in [1.82, 2.24) is 9.78 Å². The zero-order valence-corrected chi connectivity index (χ0v) is 11.0. The molecule has 0 amide bonds. The summed E-state index contributed by atoms with van der Waals surface area (Å²) in [6.07, 6.45) is 2.49. The first-order chi connectivity index (χ1) is 9.11. The SMILES string of the molecule is CC1CC(Cn2nc(-c3cccc(F)c3)cc2N)C1. The molecule has 0 atom stereocenters. The highest BCUT2D eigenvalue weighted by Gasteiger charge is 2.26. The summed E-state index contributed by atoms with van der Waals surface area (Å²) >= 11 is 0. The molecular weight excluding hydrogens is 241 g/mol. The van der Waals surface area contributed by atoms with Crippen molar-refractivity contribution in [2.75, 3.05) is 5.73 Å². The summed E-state index contributed by atoms with van der Waals surface area (Å²) in [5, 5.41) is 4.49. The van der Waals surface area contributed by atoms with E-state index in [1.165, 1.54) is 25.0 Å². The molecule has 0 aliphatic heterocycles. The average Bonchev–Trinajstić information content (AvgIpc) is 2.69. The maximum atomic E-state index is 13.2. The molecule has 1 aliphatic carbocycles. The van der Waals surface area contributed by atoms with Crippen LogP contribution in [0.25, 0.3) is 11.3 Å². The lowest BCUT2D eigenvalue weighted by molar-refractivity contribution is 0.183. The lowest BCUT2D eigenvalue weighted by atomic mass is 9.76. The Bertz CT molecular complexity index is 585. The molecule has 0 spiro atoms. The van der Waals surface area contributed by atoms with Crippen molar-refractivity contribution in [3.8, 4) is 11.3 Å². The smallest absolute Gasteiger partial charge is 0.123 e. The minimum absolute atomic E-state index is 0.251. The van der Waals surface area contributed by atoms with Crippen LogP contribution in [0, 0.1) is 17.7 Å². The molecule has 0 unspecified atom stereocenters. The quantitative estimate of drug-likeness (QED) is 0.919. The predicted octanol–water partition coefficient (Wildman–Crippen LogP) is 3.32. The lowest BCUT2D eigenvalue weighted by Crippen LogP contribution is -2.26. The number of hydrogen-bond donors (Lipinski definition) is 1. The zero-order valence-electron chi connectivity index (χ0n) is 11.0. The van der Waals surface area contributed by atoms with E-state index in [9.17, 15) is 4.39 Å². The Morgan fingerprint density at radius 3 is 2.84 bits per heavy atom. The molecule has 100 valence electrons. The number of halogens is 1. The molecule has 1 aromatic heterocycles.